The van der Waals surface area contributed by atoms with Crippen LogP contribution in [0, 0.1) is 5.92 Å². The maximum absolute atomic E-state index is 5.36. The van der Waals surface area contributed by atoms with Gasteiger partial charge in [-0.05, 0) is 18.1 Å². The number of fused-ring (bicyclic) bond motifs is 1. The molecule has 2 aromatic rings. The summed E-state index contributed by atoms with van der Waals surface area (Å²) >= 11 is 0. The molecule has 0 amide bonds. The Morgan fingerprint density at radius 2 is 2.15 bits per heavy atom. The smallest absolute Gasteiger partial charge is 0.231 e. The van der Waals surface area contributed by atoms with Crippen LogP contribution in [0.5, 0.6) is 11.5 Å². The van der Waals surface area contributed by atoms with E-state index in [0.29, 0.717) is 19.3 Å². The van der Waals surface area contributed by atoms with Crippen molar-refractivity contribution in [2.45, 2.75) is 26.9 Å². The van der Waals surface area contributed by atoms with E-state index in [1.54, 1.807) is 6.33 Å². The number of nitrogens with one attached hydrogen (secondary N) is 1. The van der Waals surface area contributed by atoms with Crippen molar-refractivity contribution in [2.75, 3.05) is 12.1 Å². The van der Waals surface area contributed by atoms with E-state index in [1.807, 2.05) is 22.9 Å². The van der Waals surface area contributed by atoms with Crippen molar-refractivity contribution >= 4 is 5.69 Å². The first-order chi connectivity index (χ1) is 9.72. The lowest BCUT2D eigenvalue weighted by Gasteiger charge is -2.10. The fraction of sp³-hybridized carbons (Fsp3) is 0.429. The van der Waals surface area contributed by atoms with Crippen LogP contribution in [0.25, 0.3) is 0 Å². The number of aromatic nitrogens is 3. The standard InChI is InChI=1S/C14H18N4O2/c1-10(2)7-18-14(16-8-17-18)6-15-11-3-4-12-13(5-11)20-9-19-12/h3-5,8,10,15H,6-7,9H2,1-2H3. The van der Waals surface area contributed by atoms with E-state index in [9.17, 15) is 0 Å². The molecule has 1 N–H and O–H groups in total. The molecule has 0 saturated carbocycles. The van der Waals surface area contributed by atoms with Gasteiger partial charge in [-0.25, -0.2) is 9.67 Å². The highest BCUT2D eigenvalue weighted by molar-refractivity contribution is 5.55. The van der Waals surface area contributed by atoms with Gasteiger partial charge in [-0.2, -0.15) is 5.10 Å². The zero-order valence-electron chi connectivity index (χ0n) is 11.7. The van der Waals surface area contributed by atoms with E-state index in [4.69, 9.17) is 9.47 Å². The summed E-state index contributed by atoms with van der Waals surface area (Å²) in [6.07, 6.45) is 1.60. The van der Waals surface area contributed by atoms with Gasteiger partial charge >= 0.3 is 0 Å². The van der Waals surface area contributed by atoms with Gasteiger partial charge in [-0.3, -0.25) is 0 Å². The summed E-state index contributed by atoms with van der Waals surface area (Å²) in [5.74, 6) is 3.04. The van der Waals surface area contributed by atoms with Gasteiger partial charge in [0.05, 0.1) is 6.54 Å². The fourth-order valence-corrected chi connectivity index (χ4v) is 2.11. The molecule has 0 saturated heterocycles. The molecule has 1 aliphatic rings. The van der Waals surface area contributed by atoms with E-state index >= 15 is 0 Å². The number of benzene rings is 1. The first kappa shape index (κ1) is 12.8. The van der Waals surface area contributed by atoms with Crippen molar-refractivity contribution in [3.8, 4) is 11.5 Å². The number of nitrogens with zero attached hydrogens (tertiary/aromatic N) is 3. The molecule has 0 aliphatic carbocycles. The van der Waals surface area contributed by atoms with E-state index in [-0.39, 0.29) is 0 Å². The first-order valence-corrected chi connectivity index (χ1v) is 6.72. The van der Waals surface area contributed by atoms with Crippen LogP contribution in [-0.2, 0) is 13.1 Å². The van der Waals surface area contributed by atoms with Gasteiger partial charge in [-0.15, -0.1) is 0 Å². The van der Waals surface area contributed by atoms with E-state index in [1.165, 1.54) is 0 Å². The van der Waals surface area contributed by atoms with Gasteiger partial charge in [0.25, 0.3) is 0 Å². The SMILES string of the molecule is CC(C)Cn1ncnc1CNc1ccc2c(c1)OCO2. The minimum atomic E-state index is 0.293. The Hall–Kier alpha value is -2.24. The summed E-state index contributed by atoms with van der Waals surface area (Å²) in [7, 11) is 0. The van der Waals surface area contributed by atoms with Crippen LogP contribution in [0.15, 0.2) is 24.5 Å². The average Bonchev–Trinajstić information content (AvgIpc) is 3.03. The normalized spacial score (nSPS) is 12.9. The van der Waals surface area contributed by atoms with Gasteiger partial charge in [0.1, 0.15) is 12.2 Å². The molecule has 0 radical (unpaired) electrons. The third-order valence-electron chi connectivity index (χ3n) is 3.06. The summed E-state index contributed by atoms with van der Waals surface area (Å²) in [4.78, 5) is 4.29. The molecule has 20 heavy (non-hydrogen) atoms. The van der Waals surface area contributed by atoms with Crippen molar-refractivity contribution in [3.05, 3.63) is 30.4 Å². The Morgan fingerprint density at radius 3 is 3.00 bits per heavy atom. The average molecular weight is 274 g/mol. The molecule has 6 heteroatoms. The quantitative estimate of drug-likeness (QED) is 0.906. The zero-order valence-corrected chi connectivity index (χ0v) is 11.7. The van der Waals surface area contributed by atoms with Crippen molar-refractivity contribution < 1.29 is 9.47 Å². The van der Waals surface area contributed by atoms with Crippen LogP contribution in [0.4, 0.5) is 5.69 Å². The van der Waals surface area contributed by atoms with Crippen LogP contribution in [0.2, 0.25) is 0 Å². The van der Waals surface area contributed by atoms with Crippen LogP contribution >= 0.6 is 0 Å². The summed E-state index contributed by atoms with van der Waals surface area (Å²) in [5.41, 5.74) is 0.980. The second-order valence-electron chi connectivity index (χ2n) is 5.17. The molecular formula is C14H18N4O2. The Labute approximate surface area is 117 Å². The summed E-state index contributed by atoms with van der Waals surface area (Å²) in [6, 6.07) is 5.81. The molecule has 1 aromatic carbocycles. The Kier molecular flexibility index (Phi) is 3.45. The molecule has 0 unspecified atom stereocenters. The summed E-state index contributed by atoms with van der Waals surface area (Å²) in [6.45, 7) is 6.12. The molecule has 2 heterocycles. The predicted octanol–water partition coefficient (Wildman–Crippen LogP) is 2.27. The summed E-state index contributed by atoms with van der Waals surface area (Å²) in [5, 5.41) is 7.58. The van der Waals surface area contributed by atoms with Crippen molar-refractivity contribution in [3.63, 3.8) is 0 Å². The van der Waals surface area contributed by atoms with E-state index in [2.05, 4.69) is 29.2 Å². The molecule has 6 nitrogen and oxygen atoms in total. The van der Waals surface area contributed by atoms with Crippen molar-refractivity contribution in [1.29, 1.82) is 0 Å². The monoisotopic (exact) mass is 274 g/mol. The van der Waals surface area contributed by atoms with Crippen LogP contribution in [-0.4, -0.2) is 21.6 Å². The highest BCUT2D eigenvalue weighted by Gasteiger charge is 2.13. The first-order valence-electron chi connectivity index (χ1n) is 6.72. The van der Waals surface area contributed by atoms with Gasteiger partial charge in [0, 0.05) is 18.3 Å². The maximum Gasteiger partial charge on any atom is 0.231 e. The van der Waals surface area contributed by atoms with Gasteiger partial charge in [0.15, 0.2) is 11.5 Å². The molecule has 0 bridgehead atoms. The highest BCUT2D eigenvalue weighted by atomic mass is 16.7. The molecule has 3 rings (SSSR count). The molecule has 106 valence electrons. The minimum absolute atomic E-state index is 0.293. The Bertz CT molecular complexity index is 595. The maximum atomic E-state index is 5.36. The molecule has 1 aliphatic heterocycles. The highest BCUT2D eigenvalue weighted by Crippen LogP contribution is 2.34. The van der Waals surface area contributed by atoms with Gasteiger partial charge < -0.3 is 14.8 Å². The molecule has 0 fully saturated rings. The lowest BCUT2D eigenvalue weighted by Crippen LogP contribution is -2.13. The van der Waals surface area contributed by atoms with E-state index in [0.717, 1.165) is 29.6 Å². The lowest BCUT2D eigenvalue weighted by atomic mass is 10.2. The van der Waals surface area contributed by atoms with Gasteiger partial charge in [0.2, 0.25) is 6.79 Å². The molecular weight excluding hydrogens is 256 g/mol. The third kappa shape index (κ3) is 2.68. The number of hydrogen-bond acceptors (Lipinski definition) is 5. The predicted molar refractivity (Wildman–Crippen MR) is 74.8 cm³/mol. The third-order valence-corrected chi connectivity index (χ3v) is 3.06. The number of anilines is 1. The van der Waals surface area contributed by atoms with Crippen LogP contribution in [0.1, 0.15) is 19.7 Å². The number of ether oxygens (including phenoxy) is 2. The second kappa shape index (κ2) is 5.40. The summed E-state index contributed by atoms with van der Waals surface area (Å²) < 4.78 is 12.6. The number of hydrogen-bond donors (Lipinski definition) is 1. The minimum Gasteiger partial charge on any atom is -0.454 e. The lowest BCUT2D eigenvalue weighted by molar-refractivity contribution is 0.174. The van der Waals surface area contributed by atoms with Crippen LogP contribution in [0.3, 0.4) is 0 Å². The van der Waals surface area contributed by atoms with Crippen molar-refractivity contribution in [2.24, 2.45) is 5.92 Å². The zero-order chi connectivity index (χ0) is 13.9. The Balaban J connectivity index is 1.66. The van der Waals surface area contributed by atoms with Gasteiger partial charge in [-0.1, -0.05) is 13.8 Å². The second-order valence-corrected chi connectivity index (χ2v) is 5.17. The fourth-order valence-electron chi connectivity index (χ4n) is 2.11. The van der Waals surface area contributed by atoms with Crippen LogP contribution < -0.4 is 14.8 Å². The largest absolute Gasteiger partial charge is 0.454 e. The van der Waals surface area contributed by atoms with Crippen molar-refractivity contribution in [1.82, 2.24) is 14.8 Å². The molecule has 1 aromatic heterocycles. The topological polar surface area (TPSA) is 61.2 Å². The number of rotatable bonds is 5. The molecule has 0 atom stereocenters. The van der Waals surface area contributed by atoms with E-state index < -0.39 is 0 Å². The Morgan fingerprint density at radius 1 is 1.30 bits per heavy atom. The molecule has 0 spiro atoms.